The fourth-order valence-electron chi connectivity index (χ4n) is 1.56. The van der Waals surface area contributed by atoms with Gasteiger partial charge in [-0.15, -0.1) is 12.4 Å². The molecular formula is C11H10ClN5. The molecule has 6 heteroatoms. The van der Waals surface area contributed by atoms with Gasteiger partial charge < -0.3 is 5.73 Å². The van der Waals surface area contributed by atoms with Crippen molar-refractivity contribution in [2.45, 2.75) is 0 Å². The molecular weight excluding hydrogens is 238 g/mol. The maximum atomic E-state index is 5.61. The van der Waals surface area contributed by atoms with Crippen molar-refractivity contribution in [3.63, 3.8) is 0 Å². The number of nitrogen functional groups attached to an aromatic ring is 1. The molecule has 0 radical (unpaired) electrons. The van der Waals surface area contributed by atoms with E-state index in [2.05, 4.69) is 15.1 Å². The number of anilines is 1. The van der Waals surface area contributed by atoms with E-state index in [1.54, 1.807) is 29.2 Å². The topological polar surface area (TPSA) is 69.1 Å². The quantitative estimate of drug-likeness (QED) is 0.712. The lowest BCUT2D eigenvalue weighted by molar-refractivity contribution is 0.945. The molecule has 0 saturated heterocycles. The van der Waals surface area contributed by atoms with E-state index in [9.17, 15) is 0 Å². The molecule has 0 amide bonds. The molecule has 0 spiro atoms. The third-order valence-corrected chi connectivity index (χ3v) is 2.32. The predicted octanol–water partition coefficient (Wildman–Crippen LogP) is 1.80. The Labute approximate surface area is 104 Å². The molecule has 3 rings (SSSR count). The van der Waals surface area contributed by atoms with Crippen LogP contribution in [0.5, 0.6) is 0 Å². The number of halogens is 1. The van der Waals surface area contributed by atoms with E-state index < -0.39 is 0 Å². The maximum Gasteiger partial charge on any atom is 0.157 e. The minimum Gasteiger partial charge on any atom is -0.384 e. The molecule has 3 aromatic heterocycles. The summed E-state index contributed by atoms with van der Waals surface area (Å²) in [6.45, 7) is 0. The fourth-order valence-corrected chi connectivity index (χ4v) is 1.56. The summed E-state index contributed by atoms with van der Waals surface area (Å²) in [5.74, 6) is 0.494. The van der Waals surface area contributed by atoms with E-state index in [-0.39, 0.29) is 12.4 Å². The number of nitrogens with two attached hydrogens (primary N) is 1. The zero-order chi connectivity index (χ0) is 11.0. The number of pyridine rings is 1. The van der Waals surface area contributed by atoms with Gasteiger partial charge in [0.1, 0.15) is 5.82 Å². The number of nitrogens with zero attached hydrogens (tertiary/aromatic N) is 4. The van der Waals surface area contributed by atoms with Crippen LogP contribution in [-0.2, 0) is 0 Å². The lowest BCUT2D eigenvalue weighted by Gasteiger charge is -1.93. The van der Waals surface area contributed by atoms with Gasteiger partial charge in [0.2, 0.25) is 0 Å². The molecule has 0 bridgehead atoms. The zero-order valence-electron chi connectivity index (χ0n) is 8.82. The summed E-state index contributed by atoms with van der Waals surface area (Å²) in [5, 5.41) is 4.39. The standard InChI is InChI=1S/C11H9N5.ClH/c12-10-3-6-16-11(14-10)7-9(15-16)8-1-4-13-5-2-8;/h1-7H,(H2,12,14);1H. The fraction of sp³-hybridized carbons (Fsp3) is 0. The predicted molar refractivity (Wildman–Crippen MR) is 67.9 cm³/mol. The van der Waals surface area contributed by atoms with Crippen LogP contribution in [0, 0.1) is 0 Å². The first-order valence-electron chi connectivity index (χ1n) is 4.85. The van der Waals surface area contributed by atoms with E-state index in [0.717, 1.165) is 16.9 Å². The van der Waals surface area contributed by atoms with Crippen LogP contribution in [0.25, 0.3) is 16.9 Å². The van der Waals surface area contributed by atoms with Crippen molar-refractivity contribution in [3.05, 3.63) is 42.9 Å². The van der Waals surface area contributed by atoms with Crippen LogP contribution in [0.4, 0.5) is 5.82 Å². The van der Waals surface area contributed by atoms with Crippen molar-refractivity contribution >= 4 is 23.9 Å². The summed E-state index contributed by atoms with van der Waals surface area (Å²) in [6, 6.07) is 7.43. The average Bonchev–Trinajstić information content (AvgIpc) is 2.73. The van der Waals surface area contributed by atoms with Gasteiger partial charge in [-0.25, -0.2) is 9.50 Å². The lowest BCUT2D eigenvalue weighted by Crippen LogP contribution is -1.94. The summed E-state index contributed by atoms with van der Waals surface area (Å²) in [6.07, 6.45) is 5.27. The highest BCUT2D eigenvalue weighted by molar-refractivity contribution is 5.85. The summed E-state index contributed by atoms with van der Waals surface area (Å²) >= 11 is 0. The molecule has 0 aliphatic heterocycles. The highest BCUT2D eigenvalue weighted by Crippen LogP contribution is 2.17. The Morgan fingerprint density at radius 1 is 1.12 bits per heavy atom. The molecule has 0 atom stereocenters. The van der Waals surface area contributed by atoms with Crippen LogP contribution in [-0.4, -0.2) is 19.6 Å². The van der Waals surface area contributed by atoms with Gasteiger partial charge in [0, 0.05) is 30.2 Å². The highest BCUT2D eigenvalue weighted by atomic mass is 35.5. The molecule has 3 heterocycles. The molecule has 0 aromatic carbocycles. The second kappa shape index (κ2) is 4.39. The number of hydrogen-bond acceptors (Lipinski definition) is 4. The second-order valence-corrected chi connectivity index (χ2v) is 3.42. The molecule has 17 heavy (non-hydrogen) atoms. The molecule has 0 fully saturated rings. The first kappa shape index (κ1) is 11.3. The van der Waals surface area contributed by atoms with E-state index in [4.69, 9.17) is 5.73 Å². The van der Waals surface area contributed by atoms with Crippen molar-refractivity contribution < 1.29 is 0 Å². The van der Waals surface area contributed by atoms with E-state index in [1.165, 1.54) is 0 Å². The Morgan fingerprint density at radius 2 is 1.88 bits per heavy atom. The highest BCUT2D eigenvalue weighted by Gasteiger charge is 2.04. The van der Waals surface area contributed by atoms with E-state index >= 15 is 0 Å². The zero-order valence-corrected chi connectivity index (χ0v) is 9.63. The minimum atomic E-state index is 0. The Kier molecular flexibility index (Phi) is 2.93. The van der Waals surface area contributed by atoms with Gasteiger partial charge in [0.05, 0.1) is 5.69 Å². The van der Waals surface area contributed by atoms with Gasteiger partial charge in [0.25, 0.3) is 0 Å². The molecule has 5 nitrogen and oxygen atoms in total. The third kappa shape index (κ3) is 2.05. The molecule has 0 saturated carbocycles. The molecule has 0 unspecified atom stereocenters. The first-order valence-corrected chi connectivity index (χ1v) is 4.85. The van der Waals surface area contributed by atoms with Gasteiger partial charge in [-0.1, -0.05) is 0 Å². The Balaban J connectivity index is 0.00000108. The number of aromatic nitrogens is 4. The van der Waals surface area contributed by atoms with Crippen LogP contribution >= 0.6 is 12.4 Å². The normalized spacial score (nSPS) is 10.1. The van der Waals surface area contributed by atoms with Gasteiger partial charge in [-0.2, -0.15) is 5.10 Å². The van der Waals surface area contributed by atoms with Gasteiger partial charge in [-0.3, -0.25) is 4.98 Å². The summed E-state index contributed by atoms with van der Waals surface area (Å²) in [5.41, 5.74) is 8.23. The second-order valence-electron chi connectivity index (χ2n) is 3.42. The summed E-state index contributed by atoms with van der Waals surface area (Å²) < 4.78 is 1.70. The Morgan fingerprint density at radius 3 is 2.65 bits per heavy atom. The Hall–Kier alpha value is -2.14. The minimum absolute atomic E-state index is 0. The van der Waals surface area contributed by atoms with Crippen molar-refractivity contribution in [3.8, 4) is 11.3 Å². The molecule has 0 aliphatic carbocycles. The smallest absolute Gasteiger partial charge is 0.157 e. The van der Waals surface area contributed by atoms with Gasteiger partial charge >= 0.3 is 0 Å². The van der Waals surface area contributed by atoms with Crippen LogP contribution in [0.15, 0.2) is 42.9 Å². The lowest BCUT2D eigenvalue weighted by atomic mass is 10.2. The van der Waals surface area contributed by atoms with Crippen LogP contribution < -0.4 is 5.73 Å². The summed E-state index contributed by atoms with van der Waals surface area (Å²) in [7, 11) is 0. The SMILES string of the molecule is Cl.Nc1ccn2nc(-c3ccncc3)cc2n1. The number of rotatable bonds is 1. The maximum absolute atomic E-state index is 5.61. The van der Waals surface area contributed by atoms with Gasteiger partial charge in [-0.05, 0) is 18.2 Å². The van der Waals surface area contributed by atoms with Crippen molar-refractivity contribution in [2.75, 3.05) is 5.73 Å². The van der Waals surface area contributed by atoms with E-state index in [0.29, 0.717) is 5.82 Å². The van der Waals surface area contributed by atoms with Crippen molar-refractivity contribution in [1.82, 2.24) is 19.6 Å². The molecule has 2 N–H and O–H groups in total. The summed E-state index contributed by atoms with van der Waals surface area (Å²) in [4.78, 5) is 8.15. The van der Waals surface area contributed by atoms with Crippen LogP contribution in [0.2, 0.25) is 0 Å². The number of fused-ring (bicyclic) bond motifs is 1. The Bertz CT molecular complexity index is 635. The monoisotopic (exact) mass is 247 g/mol. The van der Waals surface area contributed by atoms with Gasteiger partial charge in [0.15, 0.2) is 5.65 Å². The third-order valence-electron chi connectivity index (χ3n) is 2.32. The van der Waals surface area contributed by atoms with Crippen LogP contribution in [0.3, 0.4) is 0 Å². The van der Waals surface area contributed by atoms with Crippen molar-refractivity contribution in [1.29, 1.82) is 0 Å². The van der Waals surface area contributed by atoms with Crippen molar-refractivity contribution in [2.24, 2.45) is 0 Å². The molecule has 3 aromatic rings. The van der Waals surface area contributed by atoms with Crippen LogP contribution in [0.1, 0.15) is 0 Å². The van der Waals surface area contributed by atoms with E-state index in [1.807, 2.05) is 18.2 Å². The first-order chi connectivity index (χ1) is 7.83. The average molecular weight is 248 g/mol. The largest absolute Gasteiger partial charge is 0.384 e. The molecule has 86 valence electrons. The molecule has 0 aliphatic rings. The number of hydrogen-bond donors (Lipinski definition) is 1.